The Morgan fingerprint density at radius 3 is 2.36 bits per heavy atom. The van der Waals surface area contributed by atoms with Crippen molar-refractivity contribution < 1.29 is 14.3 Å². The monoisotopic (exact) mass is 343 g/mol. The van der Waals surface area contributed by atoms with Crippen LogP contribution in [0.5, 0.6) is 5.75 Å². The third-order valence-electron chi connectivity index (χ3n) is 4.22. The zero-order valence-corrected chi connectivity index (χ0v) is 15.4. The van der Waals surface area contributed by atoms with E-state index in [9.17, 15) is 9.59 Å². The Balaban J connectivity index is 2.10. The lowest BCUT2D eigenvalue weighted by atomic mass is 10.1. The van der Waals surface area contributed by atoms with Gasteiger partial charge in [-0.3, -0.25) is 9.59 Å². The second kappa shape index (κ2) is 7.98. The molecule has 1 atom stereocenters. The van der Waals surface area contributed by atoms with Gasteiger partial charge in [0.2, 0.25) is 0 Å². The van der Waals surface area contributed by atoms with Crippen molar-refractivity contribution in [3.63, 3.8) is 0 Å². The molecule has 1 aromatic heterocycles. The maximum absolute atomic E-state index is 12.5. The number of Topliss-reactive ketones (excluding diaryl/α,β-unsaturated/α-hetero) is 1. The topological polar surface area (TPSA) is 63.6 Å². The number of hydrogen-bond donors (Lipinski definition) is 1. The van der Waals surface area contributed by atoms with Crippen LogP contribution in [0, 0.1) is 0 Å². The number of aromatic nitrogens is 1. The van der Waals surface area contributed by atoms with Gasteiger partial charge in [-0.25, -0.2) is 0 Å². The second-order valence-electron chi connectivity index (χ2n) is 6.24. The molecule has 0 bridgehead atoms. The highest BCUT2D eigenvalue weighted by Crippen LogP contribution is 2.21. The van der Waals surface area contributed by atoms with Crippen LogP contribution in [0.15, 0.2) is 36.5 Å². The zero-order valence-electron chi connectivity index (χ0n) is 15.4. The Kier molecular flexibility index (Phi) is 5.98. The van der Waals surface area contributed by atoms with Crippen molar-refractivity contribution in [3.05, 3.63) is 53.3 Å². The van der Waals surface area contributed by atoms with Crippen LogP contribution in [-0.2, 0) is 7.05 Å². The van der Waals surface area contributed by atoms with Gasteiger partial charge in [-0.2, -0.15) is 0 Å². The van der Waals surface area contributed by atoms with E-state index in [0.717, 1.165) is 11.3 Å². The SMILES string of the molecule is COc1ccc(C(CNC(=O)c2cc(C(C)=O)cn2C)N(C)C)cc1. The zero-order chi connectivity index (χ0) is 18.6. The summed E-state index contributed by atoms with van der Waals surface area (Å²) < 4.78 is 6.86. The summed E-state index contributed by atoms with van der Waals surface area (Å²) in [5, 5.41) is 2.96. The molecule has 0 aliphatic carbocycles. The van der Waals surface area contributed by atoms with E-state index in [-0.39, 0.29) is 17.7 Å². The van der Waals surface area contributed by atoms with Gasteiger partial charge in [-0.05, 0) is 44.8 Å². The smallest absolute Gasteiger partial charge is 0.267 e. The summed E-state index contributed by atoms with van der Waals surface area (Å²) in [6, 6.07) is 9.45. The molecule has 134 valence electrons. The number of amides is 1. The second-order valence-corrected chi connectivity index (χ2v) is 6.24. The first-order chi connectivity index (χ1) is 11.8. The summed E-state index contributed by atoms with van der Waals surface area (Å²) in [4.78, 5) is 26.0. The molecule has 0 saturated heterocycles. The van der Waals surface area contributed by atoms with Crippen molar-refractivity contribution in [2.75, 3.05) is 27.7 Å². The van der Waals surface area contributed by atoms with Gasteiger partial charge in [0.25, 0.3) is 5.91 Å². The number of ketones is 1. The standard InChI is InChI=1S/C19H25N3O3/c1-13(23)15-10-17(22(4)12-15)19(24)20-11-18(21(2)3)14-6-8-16(25-5)9-7-14/h6-10,12,18H,11H2,1-5H3,(H,20,24). The molecule has 0 saturated carbocycles. The largest absolute Gasteiger partial charge is 0.497 e. The minimum atomic E-state index is -0.199. The predicted molar refractivity (Wildman–Crippen MR) is 97.2 cm³/mol. The molecular formula is C19H25N3O3. The van der Waals surface area contributed by atoms with E-state index in [1.54, 1.807) is 31.0 Å². The Morgan fingerprint density at radius 2 is 1.88 bits per heavy atom. The van der Waals surface area contributed by atoms with E-state index < -0.39 is 0 Å². The van der Waals surface area contributed by atoms with Crippen molar-refractivity contribution in [1.82, 2.24) is 14.8 Å². The number of rotatable bonds is 7. The van der Waals surface area contributed by atoms with Crippen molar-refractivity contribution in [3.8, 4) is 5.75 Å². The van der Waals surface area contributed by atoms with E-state index in [1.165, 1.54) is 6.92 Å². The quantitative estimate of drug-likeness (QED) is 0.784. The summed E-state index contributed by atoms with van der Waals surface area (Å²) in [5.41, 5.74) is 2.09. The average Bonchev–Trinajstić information content (AvgIpc) is 2.97. The number of hydrogen-bond acceptors (Lipinski definition) is 4. The minimum absolute atomic E-state index is 0.0300. The van der Waals surface area contributed by atoms with Crippen LogP contribution in [0.2, 0.25) is 0 Å². The number of carbonyl (C=O) groups excluding carboxylic acids is 2. The Hall–Kier alpha value is -2.60. The molecule has 1 amide bonds. The van der Waals surface area contributed by atoms with E-state index in [1.807, 2.05) is 43.3 Å². The molecular weight excluding hydrogens is 318 g/mol. The summed E-state index contributed by atoms with van der Waals surface area (Å²) in [6.45, 7) is 1.95. The van der Waals surface area contributed by atoms with Gasteiger partial charge in [0.05, 0.1) is 13.2 Å². The summed E-state index contributed by atoms with van der Waals surface area (Å²) in [7, 11) is 7.33. The van der Waals surface area contributed by atoms with Gasteiger partial charge < -0.3 is 19.5 Å². The molecule has 6 heteroatoms. The number of methoxy groups -OCH3 is 1. The number of likely N-dealkylation sites (N-methyl/N-ethyl adjacent to an activating group) is 1. The third-order valence-corrected chi connectivity index (χ3v) is 4.22. The Morgan fingerprint density at radius 1 is 1.24 bits per heavy atom. The van der Waals surface area contributed by atoms with Gasteiger partial charge in [0.15, 0.2) is 5.78 Å². The van der Waals surface area contributed by atoms with Gasteiger partial charge in [-0.1, -0.05) is 12.1 Å². The number of carbonyl (C=O) groups is 2. The van der Waals surface area contributed by atoms with Crippen LogP contribution in [0.4, 0.5) is 0 Å². The highest BCUT2D eigenvalue weighted by Gasteiger charge is 2.18. The van der Waals surface area contributed by atoms with Gasteiger partial charge in [-0.15, -0.1) is 0 Å². The average molecular weight is 343 g/mol. The van der Waals surface area contributed by atoms with Crippen LogP contribution >= 0.6 is 0 Å². The number of aryl methyl sites for hydroxylation is 1. The maximum Gasteiger partial charge on any atom is 0.267 e. The number of nitrogens with one attached hydrogen (secondary N) is 1. The molecule has 1 unspecified atom stereocenters. The summed E-state index contributed by atoms with van der Waals surface area (Å²) in [6.07, 6.45) is 1.67. The number of nitrogens with zero attached hydrogens (tertiary/aromatic N) is 2. The van der Waals surface area contributed by atoms with Gasteiger partial charge >= 0.3 is 0 Å². The highest BCUT2D eigenvalue weighted by atomic mass is 16.5. The highest BCUT2D eigenvalue weighted by molar-refractivity contribution is 5.99. The Bertz CT molecular complexity index is 748. The van der Waals surface area contributed by atoms with E-state index in [4.69, 9.17) is 4.74 Å². The molecule has 25 heavy (non-hydrogen) atoms. The number of benzene rings is 1. The van der Waals surface area contributed by atoms with Gasteiger partial charge in [0.1, 0.15) is 11.4 Å². The lowest BCUT2D eigenvalue weighted by Crippen LogP contribution is -2.35. The fourth-order valence-electron chi connectivity index (χ4n) is 2.69. The molecule has 0 spiro atoms. The molecule has 1 N–H and O–H groups in total. The third kappa shape index (κ3) is 4.48. The van der Waals surface area contributed by atoms with Crippen molar-refractivity contribution in [2.45, 2.75) is 13.0 Å². The predicted octanol–water partition coefficient (Wildman–Crippen LogP) is 2.27. The van der Waals surface area contributed by atoms with E-state index >= 15 is 0 Å². The van der Waals surface area contributed by atoms with Crippen LogP contribution in [0.1, 0.15) is 39.4 Å². The van der Waals surface area contributed by atoms with Crippen molar-refractivity contribution in [1.29, 1.82) is 0 Å². The normalized spacial score (nSPS) is 12.1. The first kappa shape index (κ1) is 18.7. The summed E-state index contributed by atoms with van der Waals surface area (Å²) >= 11 is 0. The lowest BCUT2D eigenvalue weighted by Gasteiger charge is -2.25. The van der Waals surface area contributed by atoms with Crippen LogP contribution in [0.25, 0.3) is 0 Å². The fourth-order valence-corrected chi connectivity index (χ4v) is 2.69. The first-order valence-corrected chi connectivity index (χ1v) is 8.09. The molecule has 0 aliphatic rings. The van der Waals surface area contributed by atoms with Crippen LogP contribution in [0.3, 0.4) is 0 Å². The van der Waals surface area contributed by atoms with Gasteiger partial charge in [0, 0.05) is 25.4 Å². The maximum atomic E-state index is 12.5. The molecule has 0 fully saturated rings. The molecule has 0 aliphatic heterocycles. The van der Waals surface area contributed by atoms with E-state index in [2.05, 4.69) is 5.32 Å². The molecule has 1 heterocycles. The molecule has 6 nitrogen and oxygen atoms in total. The van der Waals surface area contributed by atoms with Crippen molar-refractivity contribution >= 4 is 11.7 Å². The minimum Gasteiger partial charge on any atom is -0.497 e. The fraction of sp³-hybridized carbons (Fsp3) is 0.368. The Labute approximate surface area is 148 Å². The number of ether oxygens (including phenoxy) is 1. The lowest BCUT2D eigenvalue weighted by molar-refractivity contribution is 0.0933. The first-order valence-electron chi connectivity index (χ1n) is 8.09. The van der Waals surface area contributed by atoms with Crippen LogP contribution in [-0.4, -0.2) is 48.9 Å². The molecule has 2 rings (SSSR count). The summed E-state index contributed by atoms with van der Waals surface area (Å²) in [5.74, 6) is 0.542. The van der Waals surface area contributed by atoms with E-state index in [0.29, 0.717) is 17.8 Å². The molecule has 0 radical (unpaired) electrons. The molecule has 2 aromatic rings. The van der Waals surface area contributed by atoms with Crippen molar-refractivity contribution in [2.24, 2.45) is 7.05 Å². The van der Waals surface area contributed by atoms with Crippen LogP contribution < -0.4 is 10.1 Å². The molecule has 1 aromatic carbocycles.